The zero-order valence-electron chi connectivity index (χ0n) is 6.23. The lowest BCUT2D eigenvalue weighted by Crippen LogP contribution is -2.39. The van der Waals surface area contributed by atoms with E-state index in [1.807, 2.05) is 0 Å². The molecule has 3 atom stereocenters. The van der Waals surface area contributed by atoms with Crippen molar-refractivity contribution in [1.29, 1.82) is 0 Å². The summed E-state index contributed by atoms with van der Waals surface area (Å²) in [6.45, 7) is 0. The number of nitrogens with two attached hydrogens (primary N) is 1. The highest BCUT2D eigenvalue weighted by Gasteiger charge is 2.47. The van der Waals surface area contributed by atoms with Crippen LogP contribution in [0.15, 0.2) is 0 Å². The highest BCUT2D eigenvalue weighted by atomic mass is 16.4. The van der Waals surface area contributed by atoms with Crippen LogP contribution in [0.1, 0.15) is 19.3 Å². The molecule has 2 saturated heterocycles. The molecule has 0 spiro atoms. The van der Waals surface area contributed by atoms with Crippen molar-refractivity contribution in [2.45, 2.75) is 37.4 Å². The van der Waals surface area contributed by atoms with Gasteiger partial charge in [-0.1, -0.05) is 0 Å². The molecule has 2 heterocycles. The van der Waals surface area contributed by atoms with Crippen molar-refractivity contribution < 1.29 is 9.90 Å². The molecule has 4 nitrogen and oxygen atoms in total. The van der Waals surface area contributed by atoms with Crippen LogP contribution in [0.2, 0.25) is 0 Å². The van der Waals surface area contributed by atoms with E-state index in [1.165, 1.54) is 4.90 Å². The van der Waals surface area contributed by atoms with Crippen molar-refractivity contribution in [3.05, 3.63) is 0 Å². The van der Waals surface area contributed by atoms with E-state index in [2.05, 4.69) is 0 Å². The Hall–Kier alpha value is -0.770. The Morgan fingerprint density at radius 2 is 2.27 bits per heavy atom. The Kier molecular flexibility index (Phi) is 1.32. The Bertz CT molecular complexity index is 195. The van der Waals surface area contributed by atoms with Crippen LogP contribution in [-0.4, -0.2) is 34.2 Å². The largest absolute Gasteiger partial charge is 0.465 e. The van der Waals surface area contributed by atoms with E-state index in [0.717, 1.165) is 19.3 Å². The third-order valence-electron chi connectivity index (χ3n) is 2.81. The quantitative estimate of drug-likeness (QED) is 0.527. The minimum atomic E-state index is -0.801. The molecule has 3 N–H and O–H groups in total. The second kappa shape index (κ2) is 2.11. The Morgan fingerprint density at radius 1 is 1.55 bits per heavy atom. The fourth-order valence-electron chi connectivity index (χ4n) is 2.33. The van der Waals surface area contributed by atoms with Crippen LogP contribution in [-0.2, 0) is 0 Å². The normalized spacial score (nSPS) is 41.5. The number of carboxylic acid groups (broad SMARTS) is 1. The first kappa shape index (κ1) is 6.91. The SMILES string of the molecule is N[C@@H]1CC2CCC1N2C(=O)O. The van der Waals surface area contributed by atoms with Crippen molar-refractivity contribution >= 4 is 6.09 Å². The predicted molar refractivity (Wildman–Crippen MR) is 39.3 cm³/mol. The summed E-state index contributed by atoms with van der Waals surface area (Å²) in [7, 11) is 0. The number of carbonyl (C=O) groups is 1. The molecule has 0 radical (unpaired) electrons. The average molecular weight is 156 g/mol. The van der Waals surface area contributed by atoms with Gasteiger partial charge >= 0.3 is 6.09 Å². The van der Waals surface area contributed by atoms with Gasteiger partial charge in [0.1, 0.15) is 0 Å². The molecule has 0 aliphatic carbocycles. The molecule has 0 aromatic rings. The highest BCUT2D eigenvalue weighted by Crippen LogP contribution is 2.36. The number of hydrogen-bond donors (Lipinski definition) is 2. The second-order valence-corrected chi connectivity index (χ2v) is 3.39. The maximum absolute atomic E-state index is 10.7. The molecule has 62 valence electrons. The van der Waals surface area contributed by atoms with Crippen LogP contribution >= 0.6 is 0 Å². The Labute approximate surface area is 65.0 Å². The summed E-state index contributed by atoms with van der Waals surface area (Å²) < 4.78 is 0. The van der Waals surface area contributed by atoms with Gasteiger partial charge < -0.3 is 15.7 Å². The van der Waals surface area contributed by atoms with E-state index >= 15 is 0 Å². The van der Waals surface area contributed by atoms with E-state index in [4.69, 9.17) is 10.8 Å². The molecule has 2 bridgehead atoms. The summed E-state index contributed by atoms with van der Waals surface area (Å²) >= 11 is 0. The smallest absolute Gasteiger partial charge is 0.407 e. The molecule has 2 fully saturated rings. The molecule has 1 amide bonds. The third kappa shape index (κ3) is 0.822. The van der Waals surface area contributed by atoms with Crippen molar-refractivity contribution in [3.8, 4) is 0 Å². The summed E-state index contributed by atoms with van der Waals surface area (Å²) in [5.74, 6) is 0. The minimum Gasteiger partial charge on any atom is -0.465 e. The van der Waals surface area contributed by atoms with E-state index in [-0.39, 0.29) is 18.1 Å². The summed E-state index contributed by atoms with van der Waals surface area (Å²) in [5.41, 5.74) is 5.74. The van der Waals surface area contributed by atoms with Gasteiger partial charge in [-0.15, -0.1) is 0 Å². The standard InChI is InChI=1S/C7H12N2O2/c8-5-3-4-1-2-6(5)9(4)7(10)11/h4-6H,1-3,8H2,(H,10,11)/t4?,5-,6?/m1/s1. The van der Waals surface area contributed by atoms with Gasteiger partial charge in [0.25, 0.3) is 0 Å². The van der Waals surface area contributed by atoms with Gasteiger partial charge in [0.2, 0.25) is 0 Å². The lowest BCUT2D eigenvalue weighted by Gasteiger charge is -2.18. The van der Waals surface area contributed by atoms with Gasteiger partial charge in [-0.05, 0) is 19.3 Å². The first-order valence-electron chi connectivity index (χ1n) is 3.97. The fourth-order valence-corrected chi connectivity index (χ4v) is 2.33. The molecule has 2 unspecified atom stereocenters. The lowest BCUT2D eigenvalue weighted by molar-refractivity contribution is 0.138. The molecule has 4 heteroatoms. The molecule has 2 aliphatic rings. The van der Waals surface area contributed by atoms with Gasteiger partial charge in [0, 0.05) is 12.1 Å². The summed E-state index contributed by atoms with van der Waals surface area (Å²) in [4.78, 5) is 12.2. The number of hydrogen-bond acceptors (Lipinski definition) is 2. The van der Waals surface area contributed by atoms with Crippen molar-refractivity contribution in [3.63, 3.8) is 0 Å². The van der Waals surface area contributed by atoms with Crippen molar-refractivity contribution in [2.24, 2.45) is 5.73 Å². The first-order valence-corrected chi connectivity index (χ1v) is 3.97. The van der Waals surface area contributed by atoms with Crippen LogP contribution in [0.25, 0.3) is 0 Å². The van der Waals surface area contributed by atoms with Crippen molar-refractivity contribution in [2.75, 3.05) is 0 Å². The van der Waals surface area contributed by atoms with Gasteiger partial charge in [-0.25, -0.2) is 4.79 Å². The highest BCUT2D eigenvalue weighted by molar-refractivity contribution is 5.67. The van der Waals surface area contributed by atoms with Gasteiger partial charge in [0.15, 0.2) is 0 Å². The molecule has 0 aromatic carbocycles. The van der Waals surface area contributed by atoms with Gasteiger partial charge in [-0.3, -0.25) is 0 Å². The topological polar surface area (TPSA) is 66.6 Å². The predicted octanol–water partition coefficient (Wildman–Crippen LogP) is 0.228. The molecule has 11 heavy (non-hydrogen) atoms. The Balaban J connectivity index is 2.19. The first-order chi connectivity index (χ1) is 5.20. The molecule has 2 aliphatic heterocycles. The van der Waals surface area contributed by atoms with Crippen molar-refractivity contribution in [1.82, 2.24) is 4.90 Å². The monoisotopic (exact) mass is 156 g/mol. The maximum Gasteiger partial charge on any atom is 0.407 e. The minimum absolute atomic E-state index is 0.0878. The van der Waals surface area contributed by atoms with E-state index < -0.39 is 6.09 Å². The number of amides is 1. The molecular formula is C7H12N2O2. The van der Waals surface area contributed by atoms with Crippen LogP contribution in [0.3, 0.4) is 0 Å². The van der Waals surface area contributed by atoms with E-state index in [1.54, 1.807) is 0 Å². The zero-order valence-corrected chi connectivity index (χ0v) is 6.23. The number of fused-ring (bicyclic) bond motifs is 2. The Morgan fingerprint density at radius 3 is 2.55 bits per heavy atom. The van der Waals surface area contributed by atoms with Crippen LogP contribution in [0.5, 0.6) is 0 Å². The van der Waals surface area contributed by atoms with E-state index in [9.17, 15) is 4.79 Å². The number of rotatable bonds is 0. The van der Waals surface area contributed by atoms with Crippen LogP contribution in [0.4, 0.5) is 4.79 Å². The number of nitrogens with zero attached hydrogens (tertiary/aromatic N) is 1. The fraction of sp³-hybridized carbons (Fsp3) is 0.857. The molecule has 0 aromatic heterocycles. The molecule has 0 saturated carbocycles. The molecular weight excluding hydrogens is 144 g/mol. The summed E-state index contributed by atoms with van der Waals surface area (Å²) in [6, 6.07) is 0.412. The lowest BCUT2D eigenvalue weighted by atomic mass is 9.97. The molecule has 2 rings (SSSR count). The summed E-state index contributed by atoms with van der Waals surface area (Å²) in [6.07, 6.45) is 2.02. The van der Waals surface area contributed by atoms with Crippen LogP contribution in [0, 0.1) is 0 Å². The van der Waals surface area contributed by atoms with E-state index in [0.29, 0.717) is 0 Å². The average Bonchev–Trinajstić information content (AvgIpc) is 2.41. The van der Waals surface area contributed by atoms with Gasteiger partial charge in [-0.2, -0.15) is 0 Å². The van der Waals surface area contributed by atoms with Gasteiger partial charge in [0.05, 0.1) is 6.04 Å². The third-order valence-corrected chi connectivity index (χ3v) is 2.81. The second-order valence-electron chi connectivity index (χ2n) is 3.39. The van der Waals surface area contributed by atoms with Crippen LogP contribution < -0.4 is 5.73 Å². The zero-order chi connectivity index (χ0) is 8.01. The maximum atomic E-state index is 10.7. The summed E-state index contributed by atoms with van der Waals surface area (Å²) in [5, 5.41) is 8.78.